The first-order valence-electron chi connectivity index (χ1n) is 4.40. The molecule has 3 heteroatoms. The highest BCUT2D eigenvalue weighted by atomic mass is 32.2. The Morgan fingerprint density at radius 2 is 2.54 bits per heavy atom. The van der Waals surface area contributed by atoms with Crippen molar-refractivity contribution in [2.24, 2.45) is 0 Å². The molecule has 2 rings (SSSR count). The van der Waals surface area contributed by atoms with Crippen LogP contribution in [0, 0.1) is 11.3 Å². The van der Waals surface area contributed by atoms with Crippen LogP contribution in [0.5, 0.6) is 0 Å². The molecule has 0 radical (unpaired) electrons. The van der Waals surface area contributed by atoms with Crippen molar-refractivity contribution in [3.05, 3.63) is 23.0 Å². The second-order valence-electron chi connectivity index (χ2n) is 3.00. The number of hydrogen-bond donors (Lipinski definition) is 0. The van der Waals surface area contributed by atoms with Crippen LogP contribution in [-0.4, -0.2) is 10.7 Å². The van der Waals surface area contributed by atoms with Gasteiger partial charge >= 0.3 is 0 Å². The van der Waals surface area contributed by atoms with Crippen LogP contribution < -0.4 is 0 Å². The predicted molar refractivity (Wildman–Crippen MR) is 52.8 cm³/mol. The molecule has 0 unspecified atom stereocenters. The number of pyridine rings is 1. The summed E-state index contributed by atoms with van der Waals surface area (Å²) >= 11 is 1.79. The lowest BCUT2D eigenvalue weighted by atomic mass is 10.1. The van der Waals surface area contributed by atoms with Crippen molar-refractivity contribution in [1.29, 1.82) is 5.26 Å². The van der Waals surface area contributed by atoms with Gasteiger partial charge in [0.2, 0.25) is 0 Å². The zero-order valence-electron chi connectivity index (χ0n) is 7.50. The second kappa shape index (κ2) is 3.39. The maximum Gasteiger partial charge on any atom is 0.102 e. The Kier molecular flexibility index (Phi) is 2.24. The highest BCUT2D eigenvalue weighted by Crippen LogP contribution is 2.34. The van der Waals surface area contributed by atoms with Gasteiger partial charge in [-0.3, -0.25) is 4.98 Å². The summed E-state index contributed by atoms with van der Waals surface area (Å²) in [5.41, 5.74) is 3.00. The number of nitrogens with zero attached hydrogens (tertiary/aromatic N) is 2. The van der Waals surface area contributed by atoms with Crippen molar-refractivity contribution in [2.75, 3.05) is 5.75 Å². The third kappa shape index (κ3) is 1.31. The van der Waals surface area contributed by atoms with Gasteiger partial charge in [0.15, 0.2) is 0 Å². The molecule has 0 fully saturated rings. The minimum atomic E-state index is 0.808. The van der Waals surface area contributed by atoms with Crippen molar-refractivity contribution >= 4 is 11.8 Å². The van der Waals surface area contributed by atoms with Gasteiger partial charge in [-0.2, -0.15) is 5.26 Å². The van der Waals surface area contributed by atoms with Crippen LogP contribution in [0.3, 0.4) is 0 Å². The summed E-state index contributed by atoms with van der Waals surface area (Å²) in [6, 6.07) is 2.26. The van der Waals surface area contributed by atoms with Gasteiger partial charge in [0.25, 0.3) is 0 Å². The summed E-state index contributed by atoms with van der Waals surface area (Å²) in [5.74, 6) is 1.10. The Labute approximate surface area is 82.0 Å². The Bertz CT molecular complexity index is 379. The Balaban J connectivity index is 2.61. The molecule has 2 nitrogen and oxygen atoms in total. The lowest BCUT2D eigenvalue weighted by Crippen LogP contribution is -1.96. The largest absolute Gasteiger partial charge is 0.260 e. The van der Waals surface area contributed by atoms with E-state index in [1.54, 1.807) is 11.8 Å². The summed E-state index contributed by atoms with van der Waals surface area (Å²) in [6.45, 7) is 2.04. The highest BCUT2D eigenvalue weighted by Gasteiger charge is 2.18. The lowest BCUT2D eigenvalue weighted by molar-refractivity contribution is 0.974. The molecule has 13 heavy (non-hydrogen) atoms. The molecule has 1 aliphatic rings. The summed E-state index contributed by atoms with van der Waals surface area (Å²) < 4.78 is 0. The molecule has 66 valence electrons. The van der Waals surface area contributed by atoms with E-state index in [1.807, 2.05) is 13.1 Å². The smallest absolute Gasteiger partial charge is 0.102 e. The molecule has 1 aromatic heterocycles. The molecule has 0 N–H and O–H groups in total. The van der Waals surface area contributed by atoms with E-state index in [0.717, 1.165) is 29.9 Å². The number of thioether (sulfide) groups is 1. The minimum absolute atomic E-state index is 0.808. The van der Waals surface area contributed by atoms with Crippen molar-refractivity contribution in [3.8, 4) is 6.07 Å². The first-order valence-corrected chi connectivity index (χ1v) is 5.39. The van der Waals surface area contributed by atoms with E-state index in [4.69, 9.17) is 5.26 Å². The Hall–Kier alpha value is -1.01. The number of aryl methyl sites for hydroxylation is 2. The standard InChI is InChI=1S/C10H10N2S/c1-2-9-8(5-11)10-7(6-12-9)3-4-13-10/h6H,2-4H2,1H3. The van der Waals surface area contributed by atoms with E-state index in [1.165, 1.54) is 10.5 Å². The average Bonchev–Trinajstić information content (AvgIpc) is 2.63. The molecule has 0 atom stereocenters. The van der Waals surface area contributed by atoms with Crippen LogP contribution in [0.2, 0.25) is 0 Å². The van der Waals surface area contributed by atoms with Crippen LogP contribution >= 0.6 is 11.8 Å². The lowest BCUT2D eigenvalue weighted by Gasteiger charge is -2.04. The topological polar surface area (TPSA) is 36.7 Å². The van der Waals surface area contributed by atoms with E-state index < -0.39 is 0 Å². The molecule has 1 aliphatic heterocycles. The molecule has 0 spiro atoms. The van der Waals surface area contributed by atoms with Gasteiger partial charge in [-0.25, -0.2) is 0 Å². The zero-order valence-corrected chi connectivity index (χ0v) is 8.32. The predicted octanol–water partition coefficient (Wildman–Crippen LogP) is 2.16. The second-order valence-corrected chi connectivity index (χ2v) is 4.10. The summed E-state index contributed by atoms with van der Waals surface area (Å²) in [5, 5.41) is 9.01. The molecule has 0 amide bonds. The molecule has 1 aromatic rings. The van der Waals surface area contributed by atoms with E-state index in [-0.39, 0.29) is 0 Å². The Morgan fingerprint density at radius 1 is 1.69 bits per heavy atom. The van der Waals surface area contributed by atoms with E-state index >= 15 is 0 Å². The molecule has 2 heterocycles. The van der Waals surface area contributed by atoms with Crippen LogP contribution in [0.15, 0.2) is 11.1 Å². The summed E-state index contributed by atoms with van der Waals surface area (Å²) in [6.07, 6.45) is 3.83. The van der Waals surface area contributed by atoms with Gasteiger partial charge < -0.3 is 0 Å². The van der Waals surface area contributed by atoms with Crippen LogP contribution in [0.1, 0.15) is 23.7 Å². The summed E-state index contributed by atoms with van der Waals surface area (Å²) in [4.78, 5) is 5.48. The fraction of sp³-hybridized carbons (Fsp3) is 0.400. The van der Waals surface area contributed by atoms with Crippen molar-refractivity contribution in [1.82, 2.24) is 4.98 Å². The fourth-order valence-corrected chi connectivity index (χ4v) is 2.73. The van der Waals surface area contributed by atoms with E-state index in [0.29, 0.717) is 0 Å². The number of rotatable bonds is 1. The van der Waals surface area contributed by atoms with E-state index in [2.05, 4.69) is 11.1 Å². The fourth-order valence-electron chi connectivity index (χ4n) is 1.56. The van der Waals surface area contributed by atoms with Gasteiger partial charge in [-0.15, -0.1) is 11.8 Å². The number of hydrogen-bond acceptors (Lipinski definition) is 3. The van der Waals surface area contributed by atoms with Gasteiger partial charge in [-0.05, 0) is 18.4 Å². The van der Waals surface area contributed by atoms with Crippen LogP contribution in [0.4, 0.5) is 0 Å². The van der Waals surface area contributed by atoms with Crippen LogP contribution in [-0.2, 0) is 12.8 Å². The van der Waals surface area contributed by atoms with Crippen molar-refractivity contribution in [2.45, 2.75) is 24.7 Å². The maximum absolute atomic E-state index is 9.01. The van der Waals surface area contributed by atoms with Crippen molar-refractivity contribution in [3.63, 3.8) is 0 Å². The number of aromatic nitrogens is 1. The first-order chi connectivity index (χ1) is 6.36. The molecular formula is C10H10N2S. The molecule has 0 saturated heterocycles. The average molecular weight is 190 g/mol. The molecule has 0 aliphatic carbocycles. The van der Waals surface area contributed by atoms with Crippen LogP contribution in [0.25, 0.3) is 0 Å². The van der Waals surface area contributed by atoms with Gasteiger partial charge in [0, 0.05) is 16.8 Å². The molecular weight excluding hydrogens is 180 g/mol. The molecule has 0 saturated carbocycles. The quantitative estimate of drug-likeness (QED) is 0.681. The van der Waals surface area contributed by atoms with Gasteiger partial charge in [0.1, 0.15) is 6.07 Å². The monoisotopic (exact) mass is 190 g/mol. The first kappa shape index (κ1) is 8.58. The number of fused-ring (bicyclic) bond motifs is 1. The SMILES string of the molecule is CCc1ncc2c(c1C#N)SCC2. The zero-order chi connectivity index (χ0) is 9.26. The Morgan fingerprint density at radius 3 is 3.23 bits per heavy atom. The van der Waals surface area contributed by atoms with Gasteiger partial charge in [-0.1, -0.05) is 6.92 Å². The molecule has 0 aromatic carbocycles. The third-order valence-electron chi connectivity index (χ3n) is 2.25. The van der Waals surface area contributed by atoms with Gasteiger partial charge in [0.05, 0.1) is 11.3 Å². The normalized spacial score (nSPS) is 13.8. The minimum Gasteiger partial charge on any atom is -0.260 e. The highest BCUT2D eigenvalue weighted by molar-refractivity contribution is 7.99. The van der Waals surface area contributed by atoms with E-state index in [9.17, 15) is 0 Å². The molecule has 0 bridgehead atoms. The maximum atomic E-state index is 9.01. The third-order valence-corrected chi connectivity index (χ3v) is 3.41. The van der Waals surface area contributed by atoms with Crippen molar-refractivity contribution < 1.29 is 0 Å². The number of nitriles is 1. The summed E-state index contributed by atoms with van der Waals surface area (Å²) in [7, 11) is 0.